The van der Waals surface area contributed by atoms with Crippen molar-refractivity contribution in [2.75, 3.05) is 37.3 Å². The van der Waals surface area contributed by atoms with Crippen molar-refractivity contribution < 1.29 is 4.21 Å². The molecule has 2 N–H and O–H groups in total. The second-order valence-corrected chi connectivity index (χ2v) is 8.48. The largest absolute Gasteiger partial charge is 0.356 e. The van der Waals surface area contributed by atoms with Crippen LogP contribution in [0.3, 0.4) is 0 Å². The number of aliphatic imine (C=N–C) groups is 1. The zero-order chi connectivity index (χ0) is 19.8. The molecule has 0 bridgehead atoms. The normalized spacial score (nSPS) is 16.6. The summed E-state index contributed by atoms with van der Waals surface area (Å²) in [5.74, 6) is 2.39. The lowest BCUT2D eigenvalue weighted by molar-refractivity contribution is 0.460. The first-order valence-electron chi connectivity index (χ1n) is 9.75. The van der Waals surface area contributed by atoms with Gasteiger partial charge in [-0.3, -0.25) is 9.20 Å². The number of nitrogens with one attached hydrogen (secondary N) is 2. The Kier molecular flexibility index (Phi) is 7.42. The van der Waals surface area contributed by atoms with Crippen LogP contribution in [0.15, 0.2) is 58.4 Å². The number of benzene rings is 1. The van der Waals surface area contributed by atoms with Crippen LogP contribution in [0.4, 0.5) is 5.82 Å². The summed E-state index contributed by atoms with van der Waals surface area (Å²) in [6.45, 7) is 4.60. The number of pyridine rings is 1. The van der Waals surface area contributed by atoms with Crippen molar-refractivity contribution in [3.63, 3.8) is 0 Å². The van der Waals surface area contributed by atoms with Gasteiger partial charge in [-0.25, -0.2) is 4.98 Å². The third-order valence-corrected chi connectivity index (χ3v) is 6.22. The zero-order valence-corrected chi connectivity index (χ0v) is 17.4. The van der Waals surface area contributed by atoms with Gasteiger partial charge in [0.15, 0.2) is 5.96 Å². The Balaban J connectivity index is 1.41. The molecule has 6 nitrogen and oxygen atoms in total. The smallest absolute Gasteiger partial charge is 0.191 e. The maximum Gasteiger partial charge on any atom is 0.191 e. The van der Waals surface area contributed by atoms with Crippen molar-refractivity contribution in [3.8, 4) is 0 Å². The number of piperidine rings is 1. The number of hydrogen-bond acceptors (Lipinski definition) is 4. The van der Waals surface area contributed by atoms with Crippen LogP contribution in [-0.2, 0) is 10.8 Å². The molecule has 2 aromatic rings. The van der Waals surface area contributed by atoms with E-state index in [4.69, 9.17) is 0 Å². The molecule has 1 aromatic heterocycles. The summed E-state index contributed by atoms with van der Waals surface area (Å²) >= 11 is 0. The lowest BCUT2D eigenvalue weighted by Crippen LogP contribution is -2.49. The van der Waals surface area contributed by atoms with Crippen molar-refractivity contribution in [2.45, 2.75) is 30.7 Å². The standard InChI is InChI=1S/C21H29N5OS/c1-17-7-6-10-20(24-17)26-14-11-18(12-15-26)25-21(22-2)23-13-16-28(27)19-8-4-3-5-9-19/h3-10,18H,11-16H2,1-2H3,(H2,22,23,25). The van der Waals surface area contributed by atoms with Gasteiger partial charge in [0.2, 0.25) is 0 Å². The topological polar surface area (TPSA) is 69.6 Å². The van der Waals surface area contributed by atoms with Crippen molar-refractivity contribution in [3.05, 3.63) is 54.2 Å². The highest BCUT2D eigenvalue weighted by molar-refractivity contribution is 7.85. The van der Waals surface area contributed by atoms with Crippen LogP contribution in [0.5, 0.6) is 0 Å². The minimum absolute atomic E-state index is 0.381. The first-order valence-corrected chi connectivity index (χ1v) is 11.1. The highest BCUT2D eigenvalue weighted by Crippen LogP contribution is 2.18. The van der Waals surface area contributed by atoms with Gasteiger partial charge in [-0.2, -0.15) is 0 Å². The van der Waals surface area contributed by atoms with Crippen LogP contribution in [0.25, 0.3) is 0 Å². The molecule has 1 aromatic carbocycles. The second kappa shape index (κ2) is 10.2. The van der Waals surface area contributed by atoms with Gasteiger partial charge < -0.3 is 15.5 Å². The molecule has 0 aliphatic carbocycles. The summed E-state index contributed by atoms with van der Waals surface area (Å²) in [4.78, 5) is 12.1. The lowest BCUT2D eigenvalue weighted by Gasteiger charge is -2.34. The number of aryl methyl sites for hydroxylation is 1. The van der Waals surface area contributed by atoms with E-state index in [1.807, 2.05) is 43.3 Å². The molecule has 3 rings (SSSR count). The highest BCUT2D eigenvalue weighted by Gasteiger charge is 2.21. The van der Waals surface area contributed by atoms with Gasteiger partial charge in [0.05, 0.1) is 10.8 Å². The van der Waals surface area contributed by atoms with Crippen LogP contribution in [0.1, 0.15) is 18.5 Å². The number of aromatic nitrogens is 1. The van der Waals surface area contributed by atoms with Crippen LogP contribution >= 0.6 is 0 Å². The van der Waals surface area contributed by atoms with Crippen molar-refractivity contribution in [1.29, 1.82) is 0 Å². The van der Waals surface area contributed by atoms with Crippen molar-refractivity contribution >= 4 is 22.6 Å². The molecule has 7 heteroatoms. The summed E-state index contributed by atoms with van der Waals surface area (Å²) in [5.41, 5.74) is 1.05. The van der Waals surface area contributed by atoms with E-state index in [0.717, 1.165) is 48.3 Å². The van der Waals surface area contributed by atoms with Crippen LogP contribution in [0.2, 0.25) is 0 Å². The quantitative estimate of drug-likeness (QED) is 0.576. The van der Waals surface area contributed by atoms with E-state index in [-0.39, 0.29) is 0 Å². The molecule has 1 fully saturated rings. The maximum absolute atomic E-state index is 12.3. The molecule has 0 radical (unpaired) electrons. The molecule has 0 amide bonds. The Hall–Kier alpha value is -2.41. The van der Waals surface area contributed by atoms with Crippen LogP contribution < -0.4 is 15.5 Å². The molecule has 28 heavy (non-hydrogen) atoms. The Labute approximate surface area is 169 Å². The summed E-state index contributed by atoms with van der Waals surface area (Å²) < 4.78 is 12.3. The van der Waals surface area contributed by atoms with Crippen LogP contribution in [0, 0.1) is 6.92 Å². The summed E-state index contributed by atoms with van der Waals surface area (Å²) in [6, 6.07) is 16.1. The number of anilines is 1. The third-order valence-electron chi connectivity index (χ3n) is 4.84. The third kappa shape index (κ3) is 5.79. The average molecular weight is 400 g/mol. The molecule has 150 valence electrons. The number of hydrogen-bond donors (Lipinski definition) is 2. The van der Waals surface area contributed by atoms with E-state index in [0.29, 0.717) is 18.3 Å². The second-order valence-electron chi connectivity index (χ2n) is 6.90. The molecule has 1 aliphatic rings. The Morgan fingerprint density at radius 3 is 2.61 bits per heavy atom. The fourth-order valence-electron chi connectivity index (χ4n) is 3.30. The zero-order valence-electron chi connectivity index (χ0n) is 16.6. The monoisotopic (exact) mass is 399 g/mol. The molecule has 0 saturated carbocycles. The van der Waals surface area contributed by atoms with Gasteiger partial charge in [0, 0.05) is 49.1 Å². The Morgan fingerprint density at radius 1 is 1.18 bits per heavy atom. The minimum atomic E-state index is -0.995. The molecule has 1 atom stereocenters. The maximum atomic E-state index is 12.3. The molecular formula is C21H29N5OS. The molecule has 2 heterocycles. The average Bonchev–Trinajstić information content (AvgIpc) is 2.74. The van der Waals surface area contributed by atoms with E-state index >= 15 is 0 Å². The highest BCUT2D eigenvalue weighted by atomic mass is 32.2. The molecule has 1 unspecified atom stereocenters. The fourth-order valence-corrected chi connectivity index (χ4v) is 4.28. The van der Waals surface area contributed by atoms with Gasteiger partial charge in [-0.15, -0.1) is 0 Å². The fraction of sp³-hybridized carbons (Fsp3) is 0.429. The first-order chi connectivity index (χ1) is 13.7. The molecular weight excluding hydrogens is 370 g/mol. The van der Waals surface area contributed by atoms with Gasteiger partial charge in [0.1, 0.15) is 5.82 Å². The molecule has 0 spiro atoms. The predicted molar refractivity (Wildman–Crippen MR) is 116 cm³/mol. The number of rotatable bonds is 6. The van der Waals surface area contributed by atoms with E-state index < -0.39 is 10.8 Å². The molecule has 1 aliphatic heterocycles. The van der Waals surface area contributed by atoms with E-state index in [9.17, 15) is 4.21 Å². The lowest BCUT2D eigenvalue weighted by atomic mass is 10.1. The van der Waals surface area contributed by atoms with Gasteiger partial charge >= 0.3 is 0 Å². The summed E-state index contributed by atoms with van der Waals surface area (Å²) in [6.07, 6.45) is 2.07. The van der Waals surface area contributed by atoms with Gasteiger partial charge in [0.25, 0.3) is 0 Å². The number of guanidine groups is 1. The van der Waals surface area contributed by atoms with Crippen molar-refractivity contribution in [2.24, 2.45) is 4.99 Å². The van der Waals surface area contributed by atoms with Gasteiger partial charge in [-0.1, -0.05) is 24.3 Å². The van der Waals surface area contributed by atoms with Crippen molar-refractivity contribution in [1.82, 2.24) is 15.6 Å². The summed E-state index contributed by atoms with van der Waals surface area (Å²) in [5, 5.41) is 6.78. The Morgan fingerprint density at radius 2 is 1.93 bits per heavy atom. The van der Waals surface area contributed by atoms with Crippen LogP contribution in [-0.4, -0.2) is 53.6 Å². The Bertz CT molecular complexity index is 803. The van der Waals surface area contributed by atoms with E-state index in [1.54, 1.807) is 7.05 Å². The predicted octanol–water partition coefficient (Wildman–Crippen LogP) is 2.33. The van der Waals surface area contributed by atoms with E-state index in [2.05, 4.69) is 37.6 Å². The van der Waals surface area contributed by atoms with E-state index in [1.165, 1.54) is 0 Å². The summed E-state index contributed by atoms with van der Waals surface area (Å²) in [7, 11) is 0.778. The first kappa shape index (κ1) is 20.3. The van der Waals surface area contributed by atoms with Gasteiger partial charge in [-0.05, 0) is 44.0 Å². The molecule has 1 saturated heterocycles. The SMILES string of the molecule is CN=C(NCCS(=O)c1ccccc1)NC1CCN(c2cccc(C)n2)CC1. The minimum Gasteiger partial charge on any atom is -0.356 e. The number of nitrogens with zero attached hydrogens (tertiary/aromatic N) is 3.